The molecule has 13 heavy (non-hydrogen) atoms. The molecule has 2 heterocycles. The van der Waals surface area contributed by atoms with Crippen LogP contribution in [0.15, 0.2) is 30.9 Å². The molecule has 66 valence electrons. The average Bonchev–Trinajstić information content (AvgIpc) is 2.70. The Hall–Kier alpha value is -1.68. The summed E-state index contributed by atoms with van der Waals surface area (Å²) in [5.74, 6) is 0. The monoisotopic (exact) mass is 174 g/mol. The number of nitrogens with two attached hydrogens (primary N) is 1. The Kier molecular flexibility index (Phi) is 2.06. The van der Waals surface area contributed by atoms with Crippen molar-refractivity contribution in [3.8, 4) is 11.1 Å². The molecule has 0 amide bonds. The van der Waals surface area contributed by atoms with Gasteiger partial charge in [-0.2, -0.15) is 5.10 Å². The Balaban J connectivity index is 2.51. The van der Waals surface area contributed by atoms with Gasteiger partial charge in [0.05, 0.1) is 6.20 Å². The first-order valence-electron chi connectivity index (χ1n) is 4.04. The van der Waals surface area contributed by atoms with E-state index in [0.717, 1.165) is 16.7 Å². The summed E-state index contributed by atoms with van der Waals surface area (Å²) >= 11 is 0. The number of nitrogens with one attached hydrogen (secondary N) is 1. The number of rotatable bonds is 2. The summed E-state index contributed by atoms with van der Waals surface area (Å²) in [6.07, 6.45) is 7.15. The minimum Gasteiger partial charge on any atom is -0.326 e. The van der Waals surface area contributed by atoms with Gasteiger partial charge in [-0.05, 0) is 17.2 Å². The Morgan fingerprint density at radius 3 is 3.00 bits per heavy atom. The van der Waals surface area contributed by atoms with Crippen LogP contribution in [0.4, 0.5) is 0 Å². The van der Waals surface area contributed by atoms with Crippen LogP contribution in [0.1, 0.15) is 5.56 Å². The third-order valence-corrected chi connectivity index (χ3v) is 1.93. The SMILES string of the molecule is NCc1cnccc1-c1cn[nH]c1. The van der Waals surface area contributed by atoms with Gasteiger partial charge in [0.25, 0.3) is 0 Å². The first-order chi connectivity index (χ1) is 6.42. The molecule has 0 aliphatic heterocycles. The lowest BCUT2D eigenvalue weighted by molar-refractivity contribution is 1.05. The Morgan fingerprint density at radius 1 is 1.38 bits per heavy atom. The first kappa shape index (κ1) is 7.94. The van der Waals surface area contributed by atoms with Crippen LogP contribution in [0, 0.1) is 0 Å². The van der Waals surface area contributed by atoms with E-state index >= 15 is 0 Å². The summed E-state index contributed by atoms with van der Waals surface area (Å²) in [4.78, 5) is 4.02. The van der Waals surface area contributed by atoms with Gasteiger partial charge < -0.3 is 5.73 Å². The van der Waals surface area contributed by atoms with Crippen LogP contribution in [-0.2, 0) is 6.54 Å². The zero-order valence-electron chi connectivity index (χ0n) is 7.07. The number of aromatic amines is 1. The molecule has 3 N–H and O–H groups in total. The van der Waals surface area contributed by atoms with E-state index in [4.69, 9.17) is 5.73 Å². The molecule has 2 aromatic heterocycles. The fourth-order valence-electron chi connectivity index (χ4n) is 1.27. The smallest absolute Gasteiger partial charge is 0.0565 e. The lowest BCUT2D eigenvalue weighted by atomic mass is 10.1. The van der Waals surface area contributed by atoms with Gasteiger partial charge in [-0.3, -0.25) is 10.1 Å². The highest BCUT2D eigenvalue weighted by atomic mass is 15.1. The van der Waals surface area contributed by atoms with Crippen LogP contribution in [0.3, 0.4) is 0 Å². The maximum absolute atomic E-state index is 5.59. The highest BCUT2D eigenvalue weighted by Crippen LogP contribution is 2.20. The zero-order chi connectivity index (χ0) is 9.10. The normalized spacial score (nSPS) is 10.2. The molecule has 0 spiro atoms. The standard InChI is InChI=1S/C9H10N4/c10-3-7-4-11-2-1-9(7)8-5-12-13-6-8/h1-2,4-6H,3,10H2,(H,12,13). The maximum atomic E-state index is 5.59. The molecule has 0 bridgehead atoms. The Bertz CT molecular complexity index is 380. The van der Waals surface area contributed by atoms with Gasteiger partial charge in [0.2, 0.25) is 0 Å². The van der Waals surface area contributed by atoms with Gasteiger partial charge in [0.1, 0.15) is 0 Å². The van der Waals surface area contributed by atoms with Gasteiger partial charge in [-0.1, -0.05) is 0 Å². The van der Waals surface area contributed by atoms with Crippen molar-refractivity contribution in [3.05, 3.63) is 36.4 Å². The zero-order valence-corrected chi connectivity index (χ0v) is 7.07. The summed E-state index contributed by atoms with van der Waals surface area (Å²) in [7, 11) is 0. The summed E-state index contributed by atoms with van der Waals surface area (Å²) in [5.41, 5.74) is 8.75. The van der Waals surface area contributed by atoms with Gasteiger partial charge in [0.15, 0.2) is 0 Å². The molecule has 0 atom stereocenters. The van der Waals surface area contributed by atoms with Crippen molar-refractivity contribution >= 4 is 0 Å². The van der Waals surface area contributed by atoms with E-state index in [1.165, 1.54) is 0 Å². The predicted octanol–water partition coefficient (Wildman–Crippen LogP) is 0.930. The van der Waals surface area contributed by atoms with Crippen molar-refractivity contribution in [1.82, 2.24) is 15.2 Å². The second-order valence-electron chi connectivity index (χ2n) is 2.72. The molecule has 2 aromatic rings. The Morgan fingerprint density at radius 2 is 2.31 bits per heavy atom. The van der Waals surface area contributed by atoms with Crippen molar-refractivity contribution in [1.29, 1.82) is 0 Å². The highest BCUT2D eigenvalue weighted by molar-refractivity contribution is 5.64. The van der Waals surface area contributed by atoms with E-state index in [1.54, 1.807) is 18.6 Å². The van der Waals surface area contributed by atoms with Gasteiger partial charge in [-0.25, -0.2) is 0 Å². The van der Waals surface area contributed by atoms with E-state index < -0.39 is 0 Å². The summed E-state index contributed by atoms with van der Waals surface area (Å²) in [6, 6.07) is 1.94. The van der Waals surface area contributed by atoms with Crippen molar-refractivity contribution < 1.29 is 0 Å². The topological polar surface area (TPSA) is 67.6 Å². The van der Waals surface area contributed by atoms with Gasteiger partial charge >= 0.3 is 0 Å². The molecule has 4 heteroatoms. The third kappa shape index (κ3) is 1.43. The van der Waals surface area contributed by atoms with Gasteiger partial charge in [0, 0.05) is 30.7 Å². The molecule has 0 saturated heterocycles. The first-order valence-corrected chi connectivity index (χ1v) is 4.04. The molecule has 0 unspecified atom stereocenters. The van der Waals surface area contributed by atoms with Crippen LogP contribution >= 0.6 is 0 Å². The van der Waals surface area contributed by atoms with Crippen molar-refractivity contribution in [2.75, 3.05) is 0 Å². The molecule has 4 nitrogen and oxygen atoms in total. The molecular formula is C9H10N4. The fraction of sp³-hybridized carbons (Fsp3) is 0.111. The lowest BCUT2D eigenvalue weighted by Crippen LogP contribution is -1.99. The number of aromatic nitrogens is 3. The molecule has 0 aliphatic rings. The van der Waals surface area contributed by atoms with Gasteiger partial charge in [-0.15, -0.1) is 0 Å². The Labute approximate surface area is 75.8 Å². The summed E-state index contributed by atoms with van der Waals surface area (Å²) < 4.78 is 0. The number of pyridine rings is 1. The largest absolute Gasteiger partial charge is 0.326 e. The molecule has 0 aromatic carbocycles. The van der Waals surface area contributed by atoms with Crippen molar-refractivity contribution in [3.63, 3.8) is 0 Å². The number of nitrogens with zero attached hydrogens (tertiary/aromatic N) is 2. The van der Waals surface area contributed by atoms with E-state index in [-0.39, 0.29) is 0 Å². The fourth-order valence-corrected chi connectivity index (χ4v) is 1.27. The quantitative estimate of drug-likeness (QED) is 0.711. The molecule has 0 radical (unpaired) electrons. The van der Waals surface area contributed by atoms with Crippen LogP contribution < -0.4 is 5.73 Å². The van der Waals surface area contributed by atoms with E-state index in [0.29, 0.717) is 6.54 Å². The van der Waals surface area contributed by atoms with Crippen molar-refractivity contribution in [2.24, 2.45) is 5.73 Å². The third-order valence-electron chi connectivity index (χ3n) is 1.93. The lowest BCUT2D eigenvalue weighted by Gasteiger charge is -2.02. The highest BCUT2D eigenvalue weighted by Gasteiger charge is 2.03. The molecule has 0 aliphatic carbocycles. The number of hydrogen-bond donors (Lipinski definition) is 2. The number of H-pyrrole nitrogens is 1. The molecule has 0 saturated carbocycles. The summed E-state index contributed by atoms with van der Waals surface area (Å²) in [5, 5.41) is 6.66. The minimum atomic E-state index is 0.494. The average molecular weight is 174 g/mol. The van der Waals surface area contributed by atoms with E-state index in [9.17, 15) is 0 Å². The van der Waals surface area contributed by atoms with Crippen LogP contribution in [0.2, 0.25) is 0 Å². The predicted molar refractivity (Wildman–Crippen MR) is 49.7 cm³/mol. The van der Waals surface area contributed by atoms with E-state index in [1.807, 2.05) is 12.3 Å². The molecule has 2 rings (SSSR count). The van der Waals surface area contributed by atoms with Crippen molar-refractivity contribution in [2.45, 2.75) is 6.54 Å². The van der Waals surface area contributed by atoms with Crippen LogP contribution in [-0.4, -0.2) is 15.2 Å². The second-order valence-corrected chi connectivity index (χ2v) is 2.72. The molecular weight excluding hydrogens is 164 g/mol. The van der Waals surface area contributed by atoms with Crippen LogP contribution in [0.5, 0.6) is 0 Å². The number of hydrogen-bond acceptors (Lipinski definition) is 3. The minimum absolute atomic E-state index is 0.494. The molecule has 0 fully saturated rings. The summed E-state index contributed by atoms with van der Waals surface area (Å²) in [6.45, 7) is 0.494. The van der Waals surface area contributed by atoms with E-state index in [2.05, 4.69) is 15.2 Å². The maximum Gasteiger partial charge on any atom is 0.0565 e. The second kappa shape index (κ2) is 3.37. The van der Waals surface area contributed by atoms with Crippen LogP contribution in [0.25, 0.3) is 11.1 Å².